The van der Waals surface area contributed by atoms with Gasteiger partial charge >= 0.3 is 0 Å². The topological polar surface area (TPSA) is 228 Å². The molecule has 13 nitrogen and oxygen atoms in total. The van der Waals surface area contributed by atoms with Crippen molar-refractivity contribution in [3.05, 3.63) is 69.9 Å². The van der Waals surface area contributed by atoms with Crippen molar-refractivity contribution in [3.8, 4) is 11.5 Å². The molecule has 2 bridgehead atoms. The SMILES string of the molecule is CN=C(N)NC1CSSCC2CC(CCC1C)C(CCCCc1oc(CCc3ccc(O)c(OCC(O)c4cc5c([nH]4)CCC4CCCC4C5C(CCCO)NCC(C)O)c3)cc1CO)CC2N. The van der Waals surface area contributed by atoms with E-state index in [1.165, 1.54) is 31.2 Å². The molecule has 15 heteroatoms. The van der Waals surface area contributed by atoms with Gasteiger partial charge in [-0.05, 0) is 148 Å². The average Bonchev–Trinajstić information content (AvgIpc) is 4.07. The summed E-state index contributed by atoms with van der Waals surface area (Å²) >= 11 is 0. The molecule has 0 spiro atoms. The maximum Gasteiger partial charge on any atom is 0.188 e. The fourth-order valence-corrected chi connectivity index (χ4v) is 15.1. The molecule has 12 atom stereocenters. The van der Waals surface area contributed by atoms with Gasteiger partial charge in [0.2, 0.25) is 0 Å². The largest absolute Gasteiger partial charge is 0.504 e. The molecule has 0 amide bonds. The van der Waals surface area contributed by atoms with Crippen molar-refractivity contribution in [1.82, 2.24) is 15.6 Å². The van der Waals surface area contributed by atoms with Gasteiger partial charge in [-0.1, -0.05) is 60.3 Å². The molecule has 1 aromatic carbocycles. The van der Waals surface area contributed by atoms with Crippen LogP contribution in [-0.4, -0.2) is 99.0 Å². The van der Waals surface area contributed by atoms with Crippen molar-refractivity contribution in [2.75, 3.05) is 38.3 Å². The molecule has 68 heavy (non-hydrogen) atoms. The molecule has 3 fully saturated rings. The number of phenolic OH excluding ortho intramolecular Hbond substituents is 1. The van der Waals surface area contributed by atoms with E-state index >= 15 is 0 Å². The molecular weight excluding hydrogens is 897 g/mol. The van der Waals surface area contributed by atoms with E-state index in [0.29, 0.717) is 84.8 Å². The number of nitrogens with one attached hydrogen (secondary N) is 3. The normalized spacial score (nSPS) is 28.2. The van der Waals surface area contributed by atoms with Crippen LogP contribution in [0.4, 0.5) is 0 Å². The third kappa shape index (κ3) is 14.2. The summed E-state index contributed by atoms with van der Waals surface area (Å²) in [5.41, 5.74) is 17.9. The maximum absolute atomic E-state index is 11.5. The number of aromatic hydroxyl groups is 1. The number of guanidine groups is 1. The summed E-state index contributed by atoms with van der Waals surface area (Å²) in [6.07, 6.45) is 15.8. The van der Waals surface area contributed by atoms with Crippen LogP contribution in [0.3, 0.4) is 0 Å². The van der Waals surface area contributed by atoms with E-state index in [-0.39, 0.29) is 43.6 Å². The number of aliphatic hydroxyl groups excluding tert-OH is 4. The third-order valence-electron chi connectivity index (χ3n) is 16.1. The van der Waals surface area contributed by atoms with Crippen LogP contribution < -0.4 is 26.8 Å². The van der Waals surface area contributed by atoms with Crippen LogP contribution in [0.5, 0.6) is 11.5 Å². The zero-order valence-corrected chi connectivity index (χ0v) is 42.7. The van der Waals surface area contributed by atoms with Crippen molar-refractivity contribution in [1.29, 1.82) is 0 Å². The Balaban J connectivity index is 0.915. The lowest BCUT2D eigenvalue weighted by molar-refractivity contribution is 0.103. The summed E-state index contributed by atoms with van der Waals surface area (Å²) in [4.78, 5) is 7.74. The first-order valence-electron chi connectivity index (χ1n) is 26.0. The average molecular weight is 981 g/mol. The number of rotatable bonds is 21. The zero-order chi connectivity index (χ0) is 48.2. The zero-order valence-electron chi connectivity index (χ0n) is 41.0. The first-order chi connectivity index (χ1) is 32.9. The van der Waals surface area contributed by atoms with E-state index in [9.17, 15) is 25.5 Å². The molecule has 1 aliphatic heterocycles. The van der Waals surface area contributed by atoms with Gasteiger partial charge in [0.05, 0.1) is 12.7 Å². The Morgan fingerprint density at radius 3 is 2.60 bits per heavy atom. The Labute approximate surface area is 413 Å². The Hall–Kier alpha value is -2.89. The minimum absolute atomic E-state index is 0.0161. The lowest BCUT2D eigenvalue weighted by Gasteiger charge is -2.40. The fraction of sp³-hybridized carbons (Fsp3) is 0.717. The van der Waals surface area contributed by atoms with Crippen LogP contribution >= 0.6 is 21.6 Å². The molecule has 12 unspecified atom stereocenters. The van der Waals surface area contributed by atoms with Gasteiger partial charge in [0.25, 0.3) is 0 Å². The highest BCUT2D eigenvalue weighted by atomic mass is 33.1. The van der Waals surface area contributed by atoms with Gasteiger partial charge in [0.15, 0.2) is 17.5 Å². The molecule has 2 saturated carbocycles. The van der Waals surface area contributed by atoms with Crippen LogP contribution in [0.15, 0.2) is 39.7 Å². The first kappa shape index (κ1) is 52.9. The second-order valence-corrected chi connectivity index (χ2v) is 23.5. The minimum atomic E-state index is -0.933. The number of aromatic nitrogens is 1. The summed E-state index contributed by atoms with van der Waals surface area (Å²) < 4.78 is 12.5. The van der Waals surface area contributed by atoms with Crippen molar-refractivity contribution < 1.29 is 34.7 Å². The van der Waals surface area contributed by atoms with E-state index in [1.807, 2.05) is 39.8 Å². The predicted octanol–water partition coefficient (Wildman–Crippen LogP) is 7.66. The highest BCUT2D eigenvalue weighted by Gasteiger charge is 2.42. The summed E-state index contributed by atoms with van der Waals surface area (Å²) in [6, 6.07) is 10.1. The Kier molecular flexibility index (Phi) is 20.2. The van der Waals surface area contributed by atoms with Gasteiger partial charge in [0, 0.05) is 85.5 Å². The van der Waals surface area contributed by atoms with Crippen LogP contribution in [0.25, 0.3) is 0 Å². The molecule has 3 heterocycles. The van der Waals surface area contributed by atoms with Gasteiger partial charge in [-0.2, -0.15) is 0 Å². The first-order valence-corrected chi connectivity index (χ1v) is 28.5. The molecule has 380 valence electrons. The number of nitrogens with zero attached hydrogens (tertiary/aromatic N) is 1. The monoisotopic (exact) mass is 981 g/mol. The summed E-state index contributed by atoms with van der Waals surface area (Å²) in [5, 5.41) is 59.7. The maximum atomic E-state index is 11.5. The summed E-state index contributed by atoms with van der Waals surface area (Å²) in [7, 11) is 5.63. The summed E-state index contributed by atoms with van der Waals surface area (Å²) in [5.74, 6) is 8.37. The van der Waals surface area contributed by atoms with Crippen molar-refractivity contribution in [3.63, 3.8) is 0 Å². The van der Waals surface area contributed by atoms with E-state index in [0.717, 1.165) is 104 Å². The van der Waals surface area contributed by atoms with Crippen LogP contribution in [0, 0.1) is 35.5 Å². The number of aliphatic hydroxyl groups is 4. The number of H-pyrrole nitrogens is 1. The number of ether oxygens (including phenoxy) is 1. The van der Waals surface area contributed by atoms with Crippen LogP contribution in [-0.2, 0) is 32.3 Å². The van der Waals surface area contributed by atoms with Gasteiger partial charge in [0.1, 0.15) is 24.2 Å². The number of aliphatic imine (C=N–C) groups is 1. The Morgan fingerprint density at radius 2 is 1.81 bits per heavy atom. The number of nitrogens with two attached hydrogens (primary N) is 2. The van der Waals surface area contributed by atoms with Gasteiger partial charge in [-0.25, -0.2) is 0 Å². The number of aryl methyl sites for hydroxylation is 4. The third-order valence-corrected chi connectivity index (χ3v) is 18.7. The van der Waals surface area contributed by atoms with Gasteiger partial charge in [-0.3, -0.25) is 4.99 Å². The van der Waals surface area contributed by atoms with E-state index < -0.39 is 12.2 Å². The number of aromatic amines is 1. The quantitative estimate of drug-likeness (QED) is 0.0214. The number of furan rings is 1. The summed E-state index contributed by atoms with van der Waals surface area (Å²) in [6.45, 7) is 4.67. The lowest BCUT2D eigenvalue weighted by Crippen LogP contribution is -2.45. The highest BCUT2D eigenvalue weighted by molar-refractivity contribution is 8.76. The highest BCUT2D eigenvalue weighted by Crippen LogP contribution is 2.50. The molecule has 4 aliphatic rings. The molecule has 0 radical (unpaired) electrons. The minimum Gasteiger partial charge on any atom is -0.504 e. The van der Waals surface area contributed by atoms with E-state index in [4.69, 9.17) is 20.6 Å². The van der Waals surface area contributed by atoms with Crippen LogP contribution in [0.2, 0.25) is 0 Å². The van der Waals surface area contributed by atoms with Gasteiger partial charge in [-0.15, -0.1) is 0 Å². The molecule has 12 N–H and O–H groups in total. The molecule has 1 saturated heterocycles. The van der Waals surface area contributed by atoms with Crippen molar-refractivity contribution in [2.24, 2.45) is 52.0 Å². The standard InChI is InChI=1S/C53H84N6O7S2/c1-32-13-16-37-23-39(30-67-68-31-47(32)59-53(55)56-3)43(54)25-36(37)8-4-5-12-50-38(28-61)24-40(66-50)18-14-34-15-20-48(63)51(22-34)65-29-49(64)46-26-42-44(58-46)19-17-35-9-6-10-41(35)52(42)45(11-7-21-60)57-27-33(2)62/h15,20,22,24,26,32-33,35-37,39,41,43,45,47,49,52,57-58,60-64H,4-14,16-19,21,23,25,27-31,54H2,1-3H3,(H3,55,56,59). The molecule has 3 aromatic rings. The van der Waals surface area contributed by atoms with Gasteiger partial charge < -0.3 is 61.8 Å². The molecular formula is C53H84N6O7S2. The molecule has 3 aliphatic carbocycles. The molecule has 7 rings (SSSR count). The lowest BCUT2D eigenvalue weighted by atomic mass is 9.68. The number of phenols is 1. The number of hydrogen-bond donors (Lipinski definition) is 10. The smallest absolute Gasteiger partial charge is 0.188 e. The fourth-order valence-electron chi connectivity index (χ4n) is 12.2. The van der Waals surface area contributed by atoms with Crippen molar-refractivity contribution >= 4 is 27.5 Å². The predicted molar refractivity (Wildman–Crippen MR) is 276 cm³/mol. The van der Waals surface area contributed by atoms with E-state index in [2.05, 4.69) is 33.6 Å². The Morgan fingerprint density at radius 1 is 0.971 bits per heavy atom. The Bertz CT molecular complexity index is 2030. The number of hydrogen-bond acceptors (Lipinski definition) is 12. The number of fused-ring (bicyclic) bond motifs is 4. The van der Waals surface area contributed by atoms with E-state index in [1.54, 1.807) is 20.0 Å². The van der Waals surface area contributed by atoms with Crippen molar-refractivity contribution in [2.45, 2.75) is 166 Å². The van der Waals surface area contributed by atoms with Crippen LogP contribution in [0.1, 0.15) is 149 Å². The second kappa shape index (κ2) is 26.0. The molecule has 2 aromatic heterocycles. The number of unbranched alkanes of at least 4 members (excludes halogenated alkanes) is 1. The second-order valence-electron chi connectivity index (χ2n) is 20.9. The number of benzene rings is 1.